The van der Waals surface area contributed by atoms with Crippen LogP contribution in [0.4, 0.5) is 0 Å². The number of nitrogens with one attached hydrogen (secondary N) is 2. The molecular formula is C10H18N6O. The van der Waals surface area contributed by atoms with Gasteiger partial charge in [0.25, 0.3) is 5.56 Å². The summed E-state index contributed by atoms with van der Waals surface area (Å²) in [6, 6.07) is 0. The van der Waals surface area contributed by atoms with Gasteiger partial charge in [-0.3, -0.25) is 9.79 Å². The highest BCUT2D eigenvalue weighted by Crippen LogP contribution is 1.88. The summed E-state index contributed by atoms with van der Waals surface area (Å²) in [5.41, 5.74) is 10.9. The second kappa shape index (κ2) is 6.64. The van der Waals surface area contributed by atoms with Gasteiger partial charge in [0.15, 0.2) is 5.96 Å². The highest BCUT2D eigenvalue weighted by molar-refractivity contribution is 5.75. The number of H-pyrrole nitrogens is 1. The first-order valence-corrected chi connectivity index (χ1v) is 5.40. The van der Waals surface area contributed by atoms with Crippen LogP contribution in [0.2, 0.25) is 0 Å². The molecule has 0 atom stereocenters. The van der Waals surface area contributed by atoms with Gasteiger partial charge in [-0.15, -0.1) is 0 Å². The number of hydrogen-bond acceptors (Lipinski definition) is 4. The molecule has 0 saturated carbocycles. The highest BCUT2D eigenvalue weighted by Gasteiger charge is 1.99. The molecule has 0 aliphatic rings. The van der Waals surface area contributed by atoms with Crippen molar-refractivity contribution in [3.8, 4) is 0 Å². The molecule has 1 heterocycles. The van der Waals surface area contributed by atoms with E-state index in [1.807, 2.05) is 0 Å². The molecule has 1 rings (SSSR count). The summed E-state index contributed by atoms with van der Waals surface area (Å²) in [5.74, 6) is 0.718. The van der Waals surface area contributed by atoms with Gasteiger partial charge in [0.2, 0.25) is 0 Å². The molecule has 1 aromatic heterocycles. The third-order valence-corrected chi connectivity index (χ3v) is 2.12. The lowest BCUT2D eigenvalue weighted by atomic mass is 10.3. The minimum Gasteiger partial charge on any atom is -0.370 e. The van der Waals surface area contributed by atoms with E-state index in [0.29, 0.717) is 24.5 Å². The van der Waals surface area contributed by atoms with Crippen molar-refractivity contribution in [2.75, 3.05) is 13.1 Å². The zero-order valence-electron chi connectivity index (χ0n) is 9.86. The molecule has 0 aromatic carbocycles. The molecule has 1 aromatic rings. The van der Waals surface area contributed by atoms with Crippen LogP contribution in [0.25, 0.3) is 0 Å². The Kier molecular flexibility index (Phi) is 5.15. The van der Waals surface area contributed by atoms with Crippen molar-refractivity contribution in [2.45, 2.75) is 19.9 Å². The van der Waals surface area contributed by atoms with Crippen molar-refractivity contribution in [2.24, 2.45) is 16.5 Å². The molecule has 0 bridgehead atoms. The van der Waals surface area contributed by atoms with Gasteiger partial charge in [-0.25, -0.2) is 4.98 Å². The second-order valence-corrected chi connectivity index (χ2v) is 3.66. The molecule has 0 fully saturated rings. The summed E-state index contributed by atoms with van der Waals surface area (Å²) >= 11 is 0. The zero-order valence-corrected chi connectivity index (χ0v) is 9.86. The molecule has 17 heavy (non-hydrogen) atoms. The van der Waals surface area contributed by atoms with Gasteiger partial charge >= 0.3 is 0 Å². The Balaban J connectivity index is 2.27. The Labute approximate surface area is 99.3 Å². The van der Waals surface area contributed by atoms with Crippen LogP contribution in [-0.2, 0) is 6.54 Å². The smallest absolute Gasteiger partial charge is 0.255 e. The number of nitrogens with two attached hydrogens (primary N) is 2. The van der Waals surface area contributed by atoms with Gasteiger partial charge in [-0.2, -0.15) is 0 Å². The minimum absolute atomic E-state index is 0.101. The van der Waals surface area contributed by atoms with Crippen LogP contribution in [0, 0.1) is 6.92 Å². The number of aliphatic imine (C=N–C) groups is 1. The second-order valence-electron chi connectivity index (χ2n) is 3.66. The molecule has 0 amide bonds. The Morgan fingerprint density at radius 2 is 2.35 bits per heavy atom. The Hall–Kier alpha value is -1.89. The Bertz CT molecular complexity index is 435. The van der Waals surface area contributed by atoms with E-state index in [0.717, 1.165) is 13.0 Å². The van der Waals surface area contributed by atoms with Crippen molar-refractivity contribution in [1.82, 2.24) is 15.3 Å². The molecule has 0 unspecified atom stereocenters. The largest absolute Gasteiger partial charge is 0.370 e. The summed E-state index contributed by atoms with van der Waals surface area (Å²) in [5, 5.41) is 3.12. The predicted octanol–water partition coefficient (Wildman–Crippen LogP) is -1.17. The van der Waals surface area contributed by atoms with Gasteiger partial charge in [0.05, 0.1) is 0 Å². The van der Waals surface area contributed by atoms with Crippen molar-refractivity contribution in [3.05, 3.63) is 27.9 Å². The molecule has 0 aliphatic carbocycles. The standard InChI is InChI=1S/C10H18N6O/c1-7-15-6-8(9(17)16-7)5-13-3-2-4-14-10(11)12/h6,13H,2-5H2,1H3,(H4,11,12,14)(H,15,16,17). The van der Waals surface area contributed by atoms with Crippen LogP contribution in [0.1, 0.15) is 17.8 Å². The van der Waals surface area contributed by atoms with E-state index in [9.17, 15) is 4.79 Å². The predicted molar refractivity (Wildman–Crippen MR) is 66.6 cm³/mol. The zero-order chi connectivity index (χ0) is 12.7. The fraction of sp³-hybridized carbons (Fsp3) is 0.500. The van der Waals surface area contributed by atoms with Gasteiger partial charge in [0, 0.05) is 24.8 Å². The number of hydrogen-bond donors (Lipinski definition) is 4. The third kappa shape index (κ3) is 5.12. The number of aryl methyl sites for hydroxylation is 1. The quantitative estimate of drug-likeness (QED) is 0.282. The first kappa shape index (κ1) is 13.2. The van der Waals surface area contributed by atoms with Crippen LogP contribution in [0.15, 0.2) is 16.0 Å². The molecule has 7 nitrogen and oxygen atoms in total. The van der Waals surface area contributed by atoms with E-state index in [-0.39, 0.29) is 11.5 Å². The number of rotatable bonds is 6. The summed E-state index contributed by atoms with van der Waals surface area (Å²) in [6.45, 7) is 3.56. The topological polar surface area (TPSA) is 122 Å². The maximum absolute atomic E-state index is 11.5. The number of nitrogens with zero attached hydrogens (tertiary/aromatic N) is 2. The van der Waals surface area contributed by atoms with E-state index in [1.54, 1.807) is 13.1 Å². The molecule has 0 radical (unpaired) electrons. The number of aromatic amines is 1. The minimum atomic E-state index is -0.103. The molecule has 7 heteroatoms. The fourth-order valence-electron chi connectivity index (χ4n) is 1.27. The van der Waals surface area contributed by atoms with Gasteiger partial charge in [-0.05, 0) is 19.9 Å². The lowest BCUT2D eigenvalue weighted by molar-refractivity contribution is 0.649. The van der Waals surface area contributed by atoms with E-state index in [2.05, 4.69) is 20.3 Å². The van der Waals surface area contributed by atoms with Gasteiger partial charge in [0.1, 0.15) is 5.82 Å². The molecule has 94 valence electrons. The summed E-state index contributed by atoms with van der Waals surface area (Å²) in [6.07, 6.45) is 2.40. The van der Waals surface area contributed by atoms with E-state index < -0.39 is 0 Å². The first-order chi connectivity index (χ1) is 8.09. The van der Waals surface area contributed by atoms with E-state index in [4.69, 9.17) is 11.5 Å². The first-order valence-electron chi connectivity index (χ1n) is 5.40. The molecule has 0 spiro atoms. The lowest BCUT2D eigenvalue weighted by Gasteiger charge is -2.03. The maximum atomic E-state index is 11.5. The van der Waals surface area contributed by atoms with Crippen LogP contribution in [-0.4, -0.2) is 29.0 Å². The Morgan fingerprint density at radius 1 is 1.59 bits per heavy atom. The molecule has 0 saturated heterocycles. The Morgan fingerprint density at radius 3 is 3.00 bits per heavy atom. The molecular weight excluding hydrogens is 220 g/mol. The van der Waals surface area contributed by atoms with Gasteiger partial charge < -0.3 is 21.8 Å². The maximum Gasteiger partial charge on any atom is 0.255 e. The fourth-order valence-corrected chi connectivity index (χ4v) is 1.27. The van der Waals surface area contributed by atoms with Crippen LogP contribution in [0.5, 0.6) is 0 Å². The van der Waals surface area contributed by atoms with Gasteiger partial charge in [-0.1, -0.05) is 0 Å². The summed E-state index contributed by atoms with van der Waals surface area (Å²) in [7, 11) is 0. The third-order valence-electron chi connectivity index (χ3n) is 2.12. The van der Waals surface area contributed by atoms with Crippen LogP contribution in [0.3, 0.4) is 0 Å². The highest BCUT2D eigenvalue weighted by atomic mass is 16.1. The SMILES string of the molecule is Cc1ncc(CNCCCN=C(N)N)c(=O)[nH]1. The lowest BCUT2D eigenvalue weighted by Crippen LogP contribution is -2.25. The van der Waals surface area contributed by atoms with Crippen LogP contribution >= 0.6 is 0 Å². The number of guanidine groups is 1. The van der Waals surface area contributed by atoms with E-state index in [1.165, 1.54) is 0 Å². The van der Waals surface area contributed by atoms with Crippen molar-refractivity contribution < 1.29 is 0 Å². The average Bonchev–Trinajstić information content (AvgIpc) is 2.25. The monoisotopic (exact) mass is 238 g/mol. The average molecular weight is 238 g/mol. The van der Waals surface area contributed by atoms with Crippen molar-refractivity contribution in [3.63, 3.8) is 0 Å². The normalized spacial score (nSPS) is 10.2. The molecule has 6 N–H and O–H groups in total. The van der Waals surface area contributed by atoms with Crippen molar-refractivity contribution in [1.29, 1.82) is 0 Å². The van der Waals surface area contributed by atoms with E-state index >= 15 is 0 Å². The number of aromatic nitrogens is 2. The van der Waals surface area contributed by atoms with Crippen LogP contribution < -0.4 is 22.3 Å². The molecule has 0 aliphatic heterocycles. The van der Waals surface area contributed by atoms with Crippen molar-refractivity contribution >= 4 is 5.96 Å². The summed E-state index contributed by atoms with van der Waals surface area (Å²) in [4.78, 5) is 22.0. The summed E-state index contributed by atoms with van der Waals surface area (Å²) < 4.78 is 0.